The smallest absolute Gasteiger partial charge is 0.490 e. The van der Waals surface area contributed by atoms with E-state index in [0.717, 1.165) is 17.7 Å². The number of hydrogen-bond acceptors (Lipinski definition) is 8. The minimum Gasteiger partial charge on any atom is -0.543 e. The highest BCUT2D eigenvalue weighted by atomic mass is 32.2. The number of pyridine rings is 1. The second-order valence-electron chi connectivity index (χ2n) is 10.8. The Bertz CT molecular complexity index is 1660. The molecule has 0 saturated carbocycles. The highest BCUT2D eigenvalue weighted by Gasteiger charge is 2.50. The van der Waals surface area contributed by atoms with Gasteiger partial charge in [0.2, 0.25) is 18.4 Å². The fourth-order valence-corrected chi connectivity index (χ4v) is 6.81. The van der Waals surface area contributed by atoms with Crippen LogP contribution in [0.4, 0.5) is 18.9 Å². The third-order valence-electron chi connectivity index (χ3n) is 7.88. The van der Waals surface area contributed by atoms with Gasteiger partial charge < -0.3 is 30.5 Å². The monoisotopic (exact) mass is 659 g/mol. The van der Waals surface area contributed by atoms with E-state index in [1.807, 2.05) is 52.2 Å². The Labute approximate surface area is 264 Å². The Hall–Kier alpha value is -4.70. The quantitative estimate of drug-likeness (QED) is 0.248. The molecule has 46 heavy (non-hydrogen) atoms. The molecule has 2 aromatic rings. The molecule has 4 aliphatic rings. The number of fused-ring (bicyclic) bond motifs is 2. The van der Waals surface area contributed by atoms with Crippen molar-refractivity contribution in [2.75, 3.05) is 23.7 Å². The summed E-state index contributed by atoms with van der Waals surface area (Å²) in [5, 5.41) is 18.5. The van der Waals surface area contributed by atoms with Crippen molar-refractivity contribution in [2.24, 2.45) is 5.73 Å². The van der Waals surface area contributed by atoms with E-state index in [-0.39, 0.29) is 24.1 Å². The van der Waals surface area contributed by atoms with Gasteiger partial charge >= 0.3 is 12.1 Å². The maximum absolute atomic E-state index is 13.1. The van der Waals surface area contributed by atoms with Gasteiger partial charge in [0.1, 0.15) is 11.4 Å². The molecule has 3 N–H and O–H groups in total. The number of anilines is 1. The molecular weight excluding hydrogens is 631 g/mol. The molecule has 0 aliphatic carbocycles. The number of alkyl halides is 3. The van der Waals surface area contributed by atoms with E-state index >= 15 is 0 Å². The summed E-state index contributed by atoms with van der Waals surface area (Å²) in [6.07, 6.45) is 1.53. The molecule has 6 rings (SSSR count). The third kappa shape index (κ3) is 6.62. The highest BCUT2D eigenvalue weighted by molar-refractivity contribution is 8.00. The van der Waals surface area contributed by atoms with Crippen LogP contribution in [0.25, 0.3) is 0 Å². The SMILES string of the molecule is N[C@@H]1C(=O)N2C(C(=O)[O-])=C(C=C3CCN(Cc4cc[n+](CC(=O)N5CCc6ccccc65)cc4)C3=O)CS[C@H]12.O=C(O)C(F)(F)F. The molecule has 2 fully saturated rings. The van der Waals surface area contributed by atoms with Gasteiger partial charge in [0.05, 0.1) is 11.7 Å². The average molecular weight is 660 g/mol. The molecule has 16 heteroatoms. The number of nitrogens with zero attached hydrogens (tertiary/aromatic N) is 4. The summed E-state index contributed by atoms with van der Waals surface area (Å²) >= 11 is 1.38. The number of aliphatic carboxylic acids is 2. The minimum atomic E-state index is -5.08. The summed E-state index contributed by atoms with van der Waals surface area (Å²) in [7, 11) is 0. The number of allylic oxidation sites excluding steroid dienone is 1. The summed E-state index contributed by atoms with van der Waals surface area (Å²) in [5.41, 5.74) is 9.59. The zero-order valence-electron chi connectivity index (χ0n) is 24.1. The summed E-state index contributed by atoms with van der Waals surface area (Å²) in [4.78, 5) is 63.6. The first-order chi connectivity index (χ1) is 21.8. The van der Waals surface area contributed by atoms with E-state index in [2.05, 4.69) is 6.07 Å². The van der Waals surface area contributed by atoms with Crippen molar-refractivity contribution in [1.82, 2.24) is 9.80 Å². The van der Waals surface area contributed by atoms with Crippen molar-refractivity contribution in [3.05, 3.63) is 82.8 Å². The number of carbonyl (C=O) groups is 5. The van der Waals surface area contributed by atoms with Crippen molar-refractivity contribution >= 4 is 47.1 Å². The summed E-state index contributed by atoms with van der Waals surface area (Å²) < 4.78 is 33.6. The summed E-state index contributed by atoms with van der Waals surface area (Å²) in [6.45, 7) is 1.81. The number of nitrogens with two attached hydrogens (primary N) is 1. The molecule has 0 spiro atoms. The van der Waals surface area contributed by atoms with E-state index in [1.54, 1.807) is 11.0 Å². The Morgan fingerprint density at radius 3 is 2.41 bits per heavy atom. The number of amides is 3. The molecule has 2 saturated heterocycles. The maximum Gasteiger partial charge on any atom is 0.490 e. The summed E-state index contributed by atoms with van der Waals surface area (Å²) in [6, 6.07) is 11.0. The van der Waals surface area contributed by atoms with Crippen LogP contribution in [0.2, 0.25) is 0 Å². The topological polar surface area (TPSA) is 168 Å². The van der Waals surface area contributed by atoms with Gasteiger partial charge in [-0.15, -0.1) is 11.8 Å². The standard InChI is InChI=1S/C28H27N5O5S.C2HF3O2/c29-23-26(36)33-24(28(37)38)20(16-39-27(23)33)13-19-7-11-31(25(19)35)14-17-5-9-30(10-6-17)15-22(34)32-12-8-18-3-1-2-4-21(18)32;3-2(4,5)1(6)7/h1-6,9-10,13,23,27H,7-8,11-12,14-16,29H2;(H,6,7)/t23-,27-;/m1./s1. The van der Waals surface area contributed by atoms with Crippen LogP contribution in [0.3, 0.4) is 0 Å². The van der Waals surface area contributed by atoms with Crippen molar-refractivity contribution in [3.63, 3.8) is 0 Å². The van der Waals surface area contributed by atoms with E-state index < -0.39 is 35.4 Å². The molecule has 0 radical (unpaired) electrons. The molecule has 12 nitrogen and oxygen atoms in total. The zero-order valence-corrected chi connectivity index (χ0v) is 24.9. The normalized spacial score (nSPS) is 21.5. The molecule has 1 aromatic carbocycles. The number of carbonyl (C=O) groups excluding carboxylic acids is 4. The van der Waals surface area contributed by atoms with Crippen LogP contribution in [-0.2, 0) is 43.5 Å². The first-order valence-corrected chi connectivity index (χ1v) is 15.1. The maximum atomic E-state index is 13.1. The van der Waals surface area contributed by atoms with E-state index in [9.17, 15) is 37.5 Å². The molecule has 3 amide bonds. The number of β-lactam (4-membered cyclic amide) rings is 1. The van der Waals surface area contributed by atoms with Crippen molar-refractivity contribution in [3.8, 4) is 0 Å². The van der Waals surface area contributed by atoms with Gasteiger partial charge in [-0.3, -0.25) is 19.3 Å². The molecule has 0 bridgehead atoms. The van der Waals surface area contributed by atoms with Gasteiger partial charge in [0.15, 0.2) is 12.4 Å². The number of likely N-dealkylation sites (tertiary alicyclic amines) is 1. The first-order valence-electron chi connectivity index (χ1n) is 14.1. The van der Waals surface area contributed by atoms with Gasteiger partial charge in [0.25, 0.3) is 5.91 Å². The van der Waals surface area contributed by atoms with Gasteiger partial charge in [-0.25, -0.2) is 4.79 Å². The average Bonchev–Trinajstić information content (AvgIpc) is 3.60. The lowest BCUT2D eigenvalue weighted by molar-refractivity contribution is -0.684. The highest BCUT2D eigenvalue weighted by Crippen LogP contribution is 2.40. The number of aromatic nitrogens is 1. The summed E-state index contributed by atoms with van der Waals surface area (Å²) in [5.74, 6) is -4.45. The molecular formula is C30H28F3N5O7S. The molecule has 1 aromatic heterocycles. The van der Waals surface area contributed by atoms with Crippen molar-refractivity contribution < 1.29 is 51.9 Å². The number of benzene rings is 1. The van der Waals surface area contributed by atoms with Crippen LogP contribution in [0.15, 0.2) is 71.7 Å². The number of carboxylic acid groups (broad SMARTS) is 2. The largest absolute Gasteiger partial charge is 0.543 e. The lowest BCUT2D eigenvalue weighted by Crippen LogP contribution is -2.69. The van der Waals surface area contributed by atoms with Gasteiger partial charge in [-0.1, -0.05) is 18.2 Å². The van der Waals surface area contributed by atoms with Crippen LogP contribution in [0.1, 0.15) is 17.5 Å². The number of halogens is 3. The van der Waals surface area contributed by atoms with Crippen LogP contribution >= 0.6 is 11.8 Å². The predicted molar refractivity (Wildman–Crippen MR) is 154 cm³/mol. The van der Waals surface area contributed by atoms with Crippen LogP contribution in [0, 0.1) is 0 Å². The lowest BCUT2D eigenvalue weighted by atomic mass is 10.0. The van der Waals surface area contributed by atoms with Crippen LogP contribution in [0.5, 0.6) is 0 Å². The van der Waals surface area contributed by atoms with E-state index in [4.69, 9.17) is 15.6 Å². The molecule has 0 unspecified atom stereocenters. The predicted octanol–water partition coefficient (Wildman–Crippen LogP) is 0.102. The number of thioether (sulfide) groups is 1. The van der Waals surface area contributed by atoms with Gasteiger partial charge in [-0.2, -0.15) is 17.7 Å². The van der Waals surface area contributed by atoms with E-state index in [1.165, 1.54) is 22.2 Å². The molecule has 5 heterocycles. The number of hydrogen-bond donors (Lipinski definition) is 2. The number of carboxylic acids is 2. The molecule has 2 atom stereocenters. The Morgan fingerprint density at radius 2 is 1.76 bits per heavy atom. The van der Waals surface area contributed by atoms with Crippen molar-refractivity contribution in [2.45, 2.75) is 43.5 Å². The Kier molecular flexibility index (Phi) is 9.21. The number of para-hydroxylation sites is 1. The van der Waals surface area contributed by atoms with Crippen LogP contribution in [-0.4, -0.2) is 81.0 Å². The zero-order chi connectivity index (χ0) is 33.3. The third-order valence-corrected chi connectivity index (χ3v) is 9.20. The second-order valence-corrected chi connectivity index (χ2v) is 12.0. The first kappa shape index (κ1) is 32.7. The second kappa shape index (κ2) is 13.0. The van der Waals surface area contributed by atoms with E-state index in [0.29, 0.717) is 43.0 Å². The van der Waals surface area contributed by atoms with Crippen molar-refractivity contribution in [1.29, 1.82) is 0 Å². The fourth-order valence-electron chi connectivity index (χ4n) is 5.56. The molecule has 4 aliphatic heterocycles. The van der Waals surface area contributed by atoms with Crippen LogP contribution < -0.4 is 20.3 Å². The number of rotatable bonds is 6. The van der Waals surface area contributed by atoms with Gasteiger partial charge in [0, 0.05) is 48.8 Å². The lowest BCUT2D eigenvalue weighted by Gasteiger charge is -2.49. The fraction of sp³-hybridized carbons (Fsp3) is 0.333. The Balaban J connectivity index is 0.000000537. The van der Waals surface area contributed by atoms with Gasteiger partial charge in [-0.05, 0) is 41.7 Å². The molecule has 242 valence electrons. The minimum absolute atomic E-state index is 0.0292. The Morgan fingerprint density at radius 1 is 1.09 bits per heavy atom.